The fourth-order valence-corrected chi connectivity index (χ4v) is 1.55. The van der Waals surface area contributed by atoms with Crippen molar-refractivity contribution in [1.29, 1.82) is 0 Å². The molecule has 5 nitrogen and oxygen atoms in total. The third-order valence-electron chi connectivity index (χ3n) is 2.59. The van der Waals surface area contributed by atoms with Crippen molar-refractivity contribution in [1.82, 2.24) is 9.78 Å². The number of aliphatic hydroxyl groups is 1. The summed E-state index contributed by atoms with van der Waals surface area (Å²) in [5.74, 6) is -0.0207. The molecular formula is C11H19N3O2. The SMILES string of the molecule is Cc1nn(C)c(C)c1NC(=O)CCCCO. The summed E-state index contributed by atoms with van der Waals surface area (Å²) in [5, 5.41) is 15.7. The van der Waals surface area contributed by atoms with E-state index in [-0.39, 0.29) is 12.5 Å². The highest BCUT2D eigenvalue weighted by molar-refractivity contribution is 5.91. The Morgan fingerprint density at radius 2 is 2.12 bits per heavy atom. The number of carbonyl (C=O) groups is 1. The molecule has 0 aromatic carbocycles. The first-order chi connectivity index (χ1) is 7.56. The molecule has 0 fully saturated rings. The Bertz CT molecular complexity index is 372. The molecule has 5 heteroatoms. The molecule has 90 valence electrons. The van der Waals surface area contributed by atoms with Gasteiger partial charge < -0.3 is 10.4 Å². The fraction of sp³-hybridized carbons (Fsp3) is 0.636. The molecule has 1 aromatic heterocycles. The van der Waals surface area contributed by atoms with Crippen molar-refractivity contribution < 1.29 is 9.90 Å². The summed E-state index contributed by atoms with van der Waals surface area (Å²) in [4.78, 5) is 11.6. The van der Waals surface area contributed by atoms with Crippen LogP contribution in [0.2, 0.25) is 0 Å². The fourth-order valence-electron chi connectivity index (χ4n) is 1.55. The van der Waals surface area contributed by atoms with Crippen LogP contribution in [-0.2, 0) is 11.8 Å². The Balaban J connectivity index is 2.56. The number of unbranched alkanes of at least 4 members (excludes halogenated alkanes) is 1. The number of nitrogens with zero attached hydrogens (tertiary/aromatic N) is 2. The van der Waals surface area contributed by atoms with E-state index in [0.717, 1.165) is 17.1 Å². The van der Waals surface area contributed by atoms with E-state index in [0.29, 0.717) is 19.3 Å². The molecule has 1 rings (SSSR count). The number of hydrogen-bond acceptors (Lipinski definition) is 3. The zero-order valence-corrected chi connectivity index (χ0v) is 10.1. The first-order valence-corrected chi connectivity index (χ1v) is 5.47. The second kappa shape index (κ2) is 5.65. The predicted octanol–water partition coefficient (Wildman–Crippen LogP) is 1.14. The summed E-state index contributed by atoms with van der Waals surface area (Å²) in [6.07, 6.45) is 1.81. The highest BCUT2D eigenvalue weighted by Gasteiger charge is 2.11. The van der Waals surface area contributed by atoms with Gasteiger partial charge in [-0.2, -0.15) is 5.10 Å². The van der Waals surface area contributed by atoms with E-state index in [2.05, 4.69) is 10.4 Å². The van der Waals surface area contributed by atoms with Crippen molar-refractivity contribution in [3.63, 3.8) is 0 Å². The van der Waals surface area contributed by atoms with Crippen molar-refractivity contribution in [2.24, 2.45) is 7.05 Å². The average molecular weight is 225 g/mol. The molecule has 0 atom stereocenters. The smallest absolute Gasteiger partial charge is 0.224 e. The molecule has 0 aliphatic carbocycles. The van der Waals surface area contributed by atoms with Crippen molar-refractivity contribution in [2.45, 2.75) is 33.1 Å². The number of amides is 1. The molecule has 0 saturated carbocycles. The van der Waals surface area contributed by atoms with Gasteiger partial charge in [0.2, 0.25) is 5.91 Å². The van der Waals surface area contributed by atoms with Gasteiger partial charge in [-0.25, -0.2) is 0 Å². The quantitative estimate of drug-likeness (QED) is 0.738. The Hall–Kier alpha value is -1.36. The second-order valence-corrected chi connectivity index (χ2v) is 3.90. The maximum Gasteiger partial charge on any atom is 0.224 e. The summed E-state index contributed by atoms with van der Waals surface area (Å²) >= 11 is 0. The van der Waals surface area contributed by atoms with Crippen LogP contribution in [0.1, 0.15) is 30.7 Å². The van der Waals surface area contributed by atoms with Gasteiger partial charge in [0.15, 0.2) is 0 Å². The van der Waals surface area contributed by atoms with Gasteiger partial charge in [-0.05, 0) is 26.7 Å². The number of anilines is 1. The van der Waals surface area contributed by atoms with E-state index in [1.807, 2.05) is 20.9 Å². The predicted molar refractivity (Wildman–Crippen MR) is 62.2 cm³/mol. The number of hydrogen-bond donors (Lipinski definition) is 2. The lowest BCUT2D eigenvalue weighted by Gasteiger charge is -2.05. The van der Waals surface area contributed by atoms with Crippen LogP contribution in [0.15, 0.2) is 0 Å². The van der Waals surface area contributed by atoms with E-state index in [4.69, 9.17) is 5.11 Å². The Kier molecular flexibility index (Phi) is 4.49. The first-order valence-electron chi connectivity index (χ1n) is 5.47. The number of nitrogens with one attached hydrogen (secondary N) is 1. The monoisotopic (exact) mass is 225 g/mol. The summed E-state index contributed by atoms with van der Waals surface area (Å²) in [6.45, 7) is 3.93. The van der Waals surface area contributed by atoms with Gasteiger partial charge in [-0.1, -0.05) is 0 Å². The molecule has 16 heavy (non-hydrogen) atoms. The lowest BCUT2D eigenvalue weighted by molar-refractivity contribution is -0.116. The van der Waals surface area contributed by atoms with Crippen molar-refractivity contribution in [3.05, 3.63) is 11.4 Å². The topological polar surface area (TPSA) is 67.2 Å². The highest BCUT2D eigenvalue weighted by Crippen LogP contribution is 2.18. The van der Waals surface area contributed by atoms with Gasteiger partial charge in [-0.15, -0.1) is 0 Å². The van der Waals surface area contributed by atoms with Crippen LogP contribution in [0.25, 0.3) is 0 Å². The van der Waals surface area contributed by atoms with Crippen molar-refractivity contribution in [3.8, 4) is 0 Å². The molecule has 2 N–H and O–H groups in total. The molecule has 0 spiro atoms. The normalized spacial score (nSPS) is 10.5. The zero-order valence-electron chi connectivity index (χ0n) is 10.1. The van der Waals surface area contributed by atoms with Crippen LogP contribution < -0.4 is 5.32 Å². The lowest BCUT2D eigenvalue weighted by atomic mass is 10.2. The van der Waals surface area contributed by atoms with Gasteiger partial charge in [0, 0.05) is 20.1 Å². The number of rotatable bonds is 5. The number of aromatic nitrogens is 2. The Labute approximate surface area is 95.5 Å². The van der Waals surface area contributed by atoms with Gasteiger partial charge >= 0.3 is 0 Å². The maximum atomic E-state index is 11.6. The van der Waals surface area contributed by atoms with Crippen LogP contribution in [0.5, 0.6) is 0 Å². The molecule has 0 aliphatic heterocycles. The maximum absolute atomic E-state index is 11.6. The minimum Gasteiger partial charge on any atom is -0.396 e. The minimum atomic E-state index is -0.0207. The van der Waals surface area contributed by atoms with Gasteiger partial charge in [0.1, 0.15) is 0 Å². The summed E-state index contributed by atoms with van der Waals surface area (Å²) in [5.41, 5.74) is 2.58. The van der Waals surface area contributed by atoms with Crippen molar-refractivity contribution in [2.75, 3.05) is 11.9 Å². The van der Waals surface area contributed by atoms with Crippen LogP contribution >= 0.6 is 0 Å². The van der Waals surface area contributed by atoms with Crippen LogP contribution in [0.4, 0.5) is 5.69 Å². The Morgan fingerprint density at radius 3 is 2.62 bits per heavy atom. The van der Waals surface area contributed by atoms with Gasteiger partial charge in [-0.3, -0.25) is 9.48 Å². The molecule has 0 unspecified atom stereocenters. The van der Waals surface area contributed by atoms with E-state index in [1.54, 1.807) is 4.68 Å². The minimum absolute atomic E-state index is 0.0207. The zero-order chi connectivity index (χ0) is 12.1. The van der Waals surface area contributed by atoms with Gasteiger partial charge in [0.05, 0.1) is 17.1 Å². The summed E-state index contributed by atoms with van der Waals surface area (Å²) < 4.78 is 1.75. The van der Waals surface area contributed by atoms with Crippen molar-refractivity contribution >= 4 is 11.6 Å². The molecule has 0 bridgehead atoms. The molecule has 1 amide bonds. The van der Waals surface area contributed by atoms with E-state index < -0.39 is 0 Å². The summed E-state index contributed by atoms with van der Waals surface area (Å²) in [7, 11) is 1.85. The number of aliphatic hydroxyl groups excluding tert-OH is 1. The number of aryl methyl sites for hydroxylation is 2. The highest BCUT2D eigenvalue weighted by atomic mass is 16.2. The third-order valence-corrected chi connectivity index (χ3v) is 2.59. The first kappa shape index (κ1) is 12.7. The van der Waals surface area contributed by atoms with Crippen LogP contribution in [-0.4, -0.2) is 27.4 Å². The van der Waals surface area contributed by atoms with Gasteiger partial charge in [0.25, 0.3) is 0 Å². The van der Waals surface area contributed by atoms with Crippen LogP contribution in [0, 0.1) is 13.8 Å². The third kappa shape index (κ3) is 3.06. The largest absolute Gasteiger partial charge is 0.396 e. The molecule has 1 aromatic rings. The van der Waals surface area contributed by atoms with Crippen LogP contribution in [0.3, 0.4) is 0 Å². The second-order valence-electron chi connectivity index (χ2n) is 3.90. The molecular weight excluding hydrogens is 206 g/mol. The molecule has 0 aliphatic rings. The average Bonchev–Trinajstić information content (AvgIpc) is 2.46. The molecule has 0 saturated heterocycles. The Morgan fingerprint density at radius 1 is 1.44 bits per heavy atom. The van der Waals surface area contributed by atoms with E-state index in [1.165, 1.54) is 0 Å². The van der Waals surface area contributed by atoms with E-state index >= 15 is 0 Å². The molecule has 0 radical (unpaired) electrons. The summed E-state index contributed by atoms with van der Waals surface area (Å²) in [6, 6.07) is 0. The molecule has 1 heterocycles. The lowest BCUT2D eigenvalue weighted by Crippen LogP contribution is -2.12. The van der Waals surface area contributed by atoms with E-state index in [9.17, 15) is 4.79 Å². The number of carbonyl (C=O) groups excluding carboxylic acids is 1. The standard InChI is InChI=1S/C11H19N3O2/c1-8-11(9(2)14(3)13-8)12-10(16)6-4-5-7-15/h15H,4-7H2,1-3H3,(H,12,16).